The normalized spacial score (nSPS) is 12.3. The lowest BCUT2D eigenvalue weighted by Crippen LogP contribution is -2.20. The van der Waals surface area contributed by atoms with Gasteiger partial charge in [-0.3, -0.25) is 9.78 Å². The highest BCUT2D eigenvalue weighted by atomic mass is 19.2. The molecule has 2 aromatic heterocycles. The molecule has 1 aliphatic rings. The van der Waals surface area contributed by atoms with Crippen LogP contribution in [0.15, 0.2) is 41.3 Å². The summed E-state index contributed by atoms with van der Waals surface area (Å²) in [6, 6.07) is 5.26. The summed E-state index contributed by atoms with van der Waals surface area (Å²) in [6.45, 7) is 1.79. The SMILES string of the molecule is Cc1nc2c(cc1Nc1nc(=O)c(F)cn1Cc1ccc(F)c(F)c1)C=CC2. The number of aromatic nitrogens is 3. The maximum atomic E-state index is 13.8. The Morgan fingerprint density at radius 2 is 1.93 bits per heavy atom. The predicted molar refractivity (Wildman–Crippen MR) is 98.9 cm³/mol. The third-order valence-electron chi connectivity index (χ3n) is 4.47. The van der Waals surface area contributed by atoms with Crippen LogP contribution in [-0.2, 0) is 13.0 Å². The number of anilines is 2. The van der Waals surface area contributed by atoms with E-state index in [4.69, 9.17) is 0 Å². The van der Waals surface area contributed by atoms with Crippen molar-refractivity contribution >= 4 is 17.7 Å². The van der Waals surface area contributed by atoms with Crippen LogP contribution in [0.1, 0.15) is 22.5 Å². The average molecular weight is 384 g/mol. The Kier molecular flexibility index (Phi) is 4.46. The molecule has 0 amide bonds. The van der Waals surface area contributed by atoms with E-state index in [2.05, 4.69) is 15.3 Å². The summed E-state index contributed by atoms with van der Waals surface area (Å²) in [6.07, 6.45) is 5.68. The van der Waals surface area contributed by atoms with E-state index in [0.717, 1.165) is 36.0 Å². The summed E-state index contributed by atoms with van der Waals surface area (Å²) in [7, 11) is 0. The van der Waals surface area contributed by atoms with Gasteiger partial charge in [0.15, 0.2) is 11.6 Å². The number of pyridine rings is 1. The largest absolute Gasteiger partial charge is 0.324 e. The van der Waals surface area contributed by atoms with E-state index in [1.807, 2.05) is 25.1 Å². The van der Waals surface area contributed by atoms with Crippen LogP contribution < -0.4 is 10.9 Å². The second-order valence-corrected chi connectivity index (χ2v) is 6.48. The highest BCUT2D eigenvalue weighted by Gasteiger charge is 2.14. The Balaban J connectivity index is 1.72. The molecule has 5 nitrogen and oxygen atoms in total. The van der Waals surface area contributed by atoms with Crippen LogP contribution >= 0.6 is 0 Å². The first-order valence-corrected chi connectivity index (χ1v) is 8.55. The molecule has 0 fully saturated rings. The lowest BCUT2D eigenvalue weighted by atomic mass is 10.2. The highest BCUT2D eigenvalue weighted by Crippen LogP contribution is 2.26. The minimum atomic E-state index is -1.04. The summed E-state index contributed by atoms with van der Waals surface area (Å²) in [4.78, 5) is 20.0. The summed E-state index contributed by atoms with van der Waals surface area (Å²) >= 11 is 0. The molecule has 142 valence electrons. The van der Waals surface area contributed by atoms with E-state index < -0.39 is 23.0 Å². The van der Waals surface area contributed by atoms with Crippen molar-refractivity contribution in [1.29, 1.82) is 0 Å². The number of nitrogens with zero attached hydrogens (tertiary/aromatic N) is 3. The molecule has 1 aliphatic carbocycles. The summed E-state index contributed by atoms with van der Waals surface area (Å²) in [5, 5.41) is 3.01. The molecule has 0 saturated carbocycles. The molecular weight excluding hydrogens is 369 g/mol. The van der Waals surface area contributed by atoms with Gasteiger partial charge < -0.3 is 9.88 Å². The van der Waals surface area contributed by atoms with Gasteiger partial charge in [0.25, 0.3) is 0 Å². The minimum absolute atomic E-state index is 0.0128. The molecule has 0 bridgehead atoms. The second kappa shape index (κ2) is 6.95. The Morgan fingerprint density at radius 3 is 2.71 bits per heavy atom. The lowest BCUT2D eigenvalue weighted by Gasteiger charge is -2.16. The number of rotatable bonds is 4. The Hall–Kier alpha value is -3.42. The average Bonchev–Trinajstić information content (AvgIpc) is 3.09. The van der Waals surface area contributed by atoms with E-state index in [0.29, 0.717) is 16.9 Å². The van der Waals surface area contributed by atoms with Crippen LogP contribution in [0, 0.1) is 24.4 Å². The predicted octanol–water partition coefficient (Wildman–Crippen LogP) is 3.73. The number of hydrogen-bond acceptors (Lipinski definition) is 4. The molecule has 8 heteroatoms. The molecule has 1 aromatic carbocycles. The first-order valence-electron chi connectivity index (χ1n) is 8.55. The topological polar surface area (TPSA) is 59.8 Å². The third-order valence-corrected chi connectivity index (χ3v) is 4.47. The molecule has 2 heterocycles. The van der Waals surface area contributed by atoms with E-state index in [1.54, 1.807) is 0 Å². The summed E-state index contributed by atoms with van der Waals surface area (Å²) < 4.78 is 41.8. The van der Waals surface area contributed by atoms with Crippen molar-refractivity contribution in [2.75, 3.05) is 5.32 Å². The van der Waals surface area contributed by atoms with Gasteiger partial charge in [0, 0.05) is 12.6 Å². The minimum Gasteiger partial charge on any atom is -0.324 e. The number of nitrogens with one attached hydrogen (secondary N) is 1. The number of aryl methyl sites for hydroxylation is 1. The van der Waals surface area contributed by atoms with Crippen LogP contribution in [0.25, 0.3) is 6.08 Å². The number of allylic oxidation sites excluding steroid dienone is 1. The fraction of sp³-hybridized carbons (Fsp3) is 0.150. The maximum Gasteiger partial charge on any atom is 0.310 e. The summed E-state index contributed by atoms with van der Waals surface area (Å²) in [5.74, 6) is -2.95. The standard InChI is InChI=1S/C20H15F3N4O/c1-11-18(8-13-3-2-4-17(13)24-11)25-20-26-19(28)16(23)10-27(20)9-12-5-6-14(21)15(22)7-12/h2-3,5-8,10H,4,9H2,1H3,(H,25,26,28). The Morgan fingerprint density at radius 1 is 1.11 bits per heavy atom. The van der Waals surface area contributed by atoms with Crippen LogP contribution in [0.2, 0.25) is 0 Å². The molecule has 4 rings (SSSR count). The molecule has 0 atom stereocenters. The molecule has 3 aromatic rings. The Bertz CT molecular complexity index is 1170. The zero-order chi connectivity index (χ0) is 19.8. The molecule has 0 unspecified atom stereocenters. The zero-order valence-electron chi connectivity index (χ0n) is 14.8. The fourth-order valence-corrected chi connectivity index (χ4v) is 3.04. The molecule has 28 heavy (non-hydrogen) atoms. The fourth-order valence-electron chi connectivity index (χ4n) is 3.04. The second-order valence-electron chi connectivity index (χ2n) is 6.48. The van der Waals surface area contributed by atoms with Gasteiger partial charge in [-0.05, 0) is 36.2 Å². The number of hydrogen-bond donors (Lipinski definition) is 1. The van der Waals surface area contributed by atoms with Gasteiger partial charge in [-0.25, -0.2) is 8.78 Å². The number of fused-ring (bicyclic) bond motifs is 1. The van der Waals surface area contributed by atoms with E-state index in [-0.39, 0.29) is 12.5 Å². The van der Waals surface area contributed by atoms with Crippen molar-refractivity contribution in [1.82, 2.24) is 14.5 Å². The first kappa shape index (κ1) is 18.0. The van der Waals surface area contributed by atoms with Gasteiger partial charge in [-0.15, -0.1) is 0 Å². The maximum absolute atomic E-state index is 13.8. The van der Waals surface area contributed by atoms with Crippen LogP contribution in [-0.4, -0.2) is 14.5 Å². The molecule has 0 aliphatic heterocycles. The number of benzene rings is 1. The number of halogens is 3. The zero-order valence-corrected chi connectivity index (χ0v) is 14.8. The van der Waals surface area contributed by atoms with Gasteiger partial charge in [0.2, 0.25) is 11.8 Å². The van der Waals surface area contributed by atoms with Gasteiger partial charge in [-0.1, -0.05) is 18.2 Å². The van der Waals surface area contributed by atoms with Gasteiger partial charge >= 0.3 is 5.56 Å². The van der Waals surface area contributed by atoms with E-state index >= 15 is 0 Å². The molecule has 0 spiro atoms. The van der Waals surface area contributed by atoms with Gasteiger partial charge in [-0.2, -0.15) is 9.37 Å². The van der Waals surface area contributed by atoms with Crippen molar-refractivity contribution < 1.29 is 13.2 Å². The van der Waals surface area contributed by atoms with Crippen LogP contribution in [0.3, 0.4) is 0 Å². The van der Waals surface area contributed by atoms with Gasteiger partial charge in [0.1, 0.15) is 0 Å². The molecule has 0 radical (unpaired) electrons. The first-order chi connectivity index (χ1) is 13.4. The smallest absolute Gasteiger partial charge is 0.310 e. The van der Waals surface area contributed by atoms with E-state index in [9.17, 15) is 18.0 Å². The molecule has 0 saturated heterocycles. The van der Waals surface area contributed by atoms with Crippen molar-refractivity contribution in [3.8, 4) is 0 Å². The molecular formula is C20H15F3N4O. The van der Waals surface area contributed by atoms with Crippen molar-refractivity contribution in [3.05, 3.63) is 86.9 Å². The van der Waals surface area contributed by atoms with Crippen molar-refractivity contribution in [2.45, 2.75) is 19.9 Å². The van der Waals surface area contributed by atoms with Crippen LogP contribution in [0.5, 0.6) is 0 Å². The quantitative estimate of drug-likeness (QED) is 0.745. The lowest BCUT2D eigenvalue weighted by molar-refractivity contribution is 0.506. The van der Waals surface area contributed by atoms with Gasteiger partial charge in [0.05, 0.1) is 23.6 Å². The monoisotopic (exact) mass is 384 g/mol. The van der Waals surface area contributed by atoms with Crippen molar-refractivity contribution in [2.24, 2.45) is 0 Å². The Labute approximate surface area is 158 Å². The van der Waals surface area contributed by atoms with Crippen LogP contribution in [0.4, 0.5) is 24.8 Å². The summed E-state index contributed by atoms with van der Waals surface area (Å²) in [5.41, 5.74) is 2.58. The highest BCUT2D eigenvalue weighted by molar-refractivity contribution is 5.67. The third kappa shape index (κ3) is 3.40. The molecule has 1 N–H and O–H groups in total. The van der Waals surface area contributed by atoms with E-state index in [1.165, 1.54) is 10.6 Å². The van der Waals surface area contributed by atoms with Crippen molar-refractivity contribution in [3.63, 3.8) is 0 Å².